The van der Waals surface area contributed by atoms with Crippen LogP contribution in [0.25, 0.3) is 0 Å². The molecule has 3 N–H and O–H groups in total. The zero-order valence-corrected chi connectivity index (χ0v) is 16.6. The minimum Gasteiger partial charge on any atom is -0.444 e. The van der Waals surface area contributed by atoms with E-state index in [4.69, 9.17) is 4.74 Å². The number of nitrogens with zero attached hydrogens (tertiary/aromatic N) is 1. The number of thioether (sulfide) groups is 1. The number of rotatable bonds is 7. The second-order valence-corrected chi connectivity index (χ2v) is 8.51. The van der Waals surface area contributed by atoms with E-state index in [2.05, 4.69) is 27.9 Å². The van der Waals surface area contributed by atoms with Crippen LogP contribution in [0.1, 0.15) is 53.4 Å². The summed E-state index contributed by atoms with van der Waals surface area (Å²) < 4.78 is 5.34. The summed E-state index contributed by atoms with van der Waals surface area (Å²) in [6.45, 7) is 9.27. The molecule has 0 radical (unpaired) electrons. The Kier molecular flexibility index (Phi) is 9.33. The van der Waals surface area contributed by atoms with Gasteiger partial charge in [-0.15, -0.1) is 0 Å². The van der Waals surface area contributed by atoms with Crippen molar-refractivity contribution in [3.8, 4) is 0 Å². The summed E-state index contributed by atoms with van der Waals surface area (Å²) in [6, 6.07) is 0.0178. The van der Waals surface area contributed by atoms with Crippen LogP contribution in [0.3, 0.4) is 0 Å². The molecule has 0 aromatic heterocycles. The SMILES string of the molecule is CCCC(CNC(=NC)NCC1CCCS1)NC(=O)OC(C)(C)C. The molecule has 2 atom stereocenters. The number of guanidine groups is 1. The molecule has 140 valence electrons. The lowest BCUT2D eigenvalue weighted by Crippen LogP contribution is -2.48. The van der Waals surface area contributed by atoms with Gasteiger partial charge in [0, 0.05) is 31.4 Å². The number of ether oxygens (including phenoxy) is 1. The number of amides is 1. The van der Waals surface area contributed by atoms with E-state index in [1.165, 1.54) is 18.6 Å². The fourth-order valence-corrected chi connectivity index (χ4v) is 3.71. The van der Waals surface area contributed by atoms with Crippen LogP contribution >= 0.6 is 11.8 Å². The monoisotopic (exact) mass is 358 g/mol. The van der Waals surface area contributed by atoms with E-state index in [1.54, 1.807) is 7.05 Å². The van der Waals surface area contributed by atoms with Gasteiger partial charge in [0.15, 0.2) is 5.96 Å². The van der Waals surface area contributed by atoms with Crippen molar-refractivity contribution in [1.29, 1.82) is 0 Å². The first-order chi connectivity index (χ1) is 11.3. The van der Waals surface area contributed by atoms with Crippen molar-refractivity contribution in [3.05, 3.63) is 0 Å². The lowest BCUT2D eigenvalue weighted by molar-refractivity contribution is 0.0502. The van der Waals surface area contributed by atoms with Crippen molar-refractivity contribution in [1.82, 2.24) is 16.0 Å². The molecule has 0 aromatic rings. The Balaban J connectivity index is 2.38. The molecule has 1 heterocycles. The van der Waals surface area contributed by atoms with E-state index in [9.17, 15) is 4.79 Å². The summed E-state index contributed by atoms with van der Waals surface area (Å²) in [4.78, 5) is 16.2. The Bertz CT molecular complexity index is 404. The summed E-state index contributed by atoms with van der Waals surface area (Å²) in [6.07, 6.45) is 4.09. The molecule has 6 nitrogen and oxygen atoms in total. The van der Waals surface area contributed by atoms with Crippen molar-refractivity contribution in [3.63, 3.8) is 0 Å². The maximum Gasteiger partial charge on any atom is 0.407 e. The van der Waals surface area contributed by atoms with E-state index >= 15 is 0 Å². The molecular formula is C17H34N4O2S. The third kappa shape index (κ3) is 9.25. The van der Waals surface area contributed by atoms with Gasteiger partial charge in [-0.1, -0.05) is 13.3 Å². The molecule has 1 rings (SSSR count). The molecule has 1 aliphatic heterocycles. The maximum atomic E-state index is 11.9. The van der Waals surface area contributed by atoms with Crippen LogP contribution in [0.4, 0.5) is 4.79 Å². The highest BCUT2D eigenvalue weighted by molar-refractivity contribution is 8.00. The number of aliphatic imine (C=N–C) groups is 1. The quantitative estimate of drug-likeness (QED) is 0.482. The topological polar surface area (TPSA) is 74.8 Å². The minimum absolute atomic E-state index is 0.0178. The maximum absolute atomic E-state index is 11.9. The van der Waals surface area contributed by atoms with Crippen LogP contribution in [0.2, 0.25) is 0 Å². The first-order valence-corrected chi connectivity index (χ1v) is 9.94. The molecule has 1 saturated heterocycles. The van der Waals surface area contributed by atoms with Crippen molar-refractivity contribution >= 4 is 23.8 Å². The number of hydrogen-bond donors (Lipinski definition) is 3. The van der Waals surface area contributed by atoms with E-state index in [0.717, 1.165) is 25.3 Å². The van der Waals surface area contributed by atoms with Crippen molar-refractivity contribution in [2.24, 2.45) is 4.99 Å². The molecule has 2 unspecified atom stereocenters. The average molecular weight is 359 g/mol. The Labute approximate surface area is 151 Å². The number of carbonyl (C=O) groups excluding carboxylic acids is 1. The molecule has 1 fully saturated rings. The van der Waals surface area contributed by atoms with Crippen LogP contribution in [-0.2, 0) is 4.74 Å². The number of hydrogen-bond acceptors (Lipinski definition) is 4. The second-order valence-electron chi connectivity index (χ2n) is 7.10. The van der Waals surface area contributed by atoms with Crippen molar-refractivity contribution in [2.75, 3.05) is 25.9 Å². The van der Waals surface area contributed by atoms with Gasteiger partial charge in [-0.3, -0.25) is 4.99 Å². The molecule has 0 bridgehead atoms. The lowest BCUT2D eigenvalue weighted by Gasteiger charge is -2.24. The fourth-order valence-electron chi connectivity index (χ4n) is 2.50. The molecule has 0 aliphatic carbocycles. The van der Waals surface area contributed by atoms with Gasteiger partial charge in [0.05, 0.1) is 0 Å². The van der Waals surface area contributed by atoms with Gasteiger partial charge in [0.2, 0.25) is 0 Å². The fraction of sp³-hybridized carbons (Fsp3) is 0.882. The molecule has 24 heavy (non-hydrogen) atoms. The van der Waals surface area contributed by atoms with E-state index in [-0.39, 0.29) is 12.1 Å². The molecule has 1 amide bonds. The van der Waals surface area contributed by atoms with Crippen LogP contribution in [0, 0.1) is 0 Å². The molecule has 0 saturated carbocycles. The highest BCUT2D eigenvalue weighted by Gasteiger charge is 2.20. The molecule has 0 aromatic carbocycles. The molecule has 0 spiro atoms. The van der Waals surface area contributed by atoms with Gasteiger partial charge in [0.25, 0.3) is 0 Å². The van der Waals surface area contributed by atoms with Crippen LogP contribution in [0.5, 0.6) is 0 Å². The Hall–Kier alpha value is -1.11. The number of alkyl carbamates (subject to hydrolysis) is 1. The highest BCUT2D eigenvalue weighted by atomic mass is 32.2. The molecule has 7 heteroatoms. The average Bonchev–Trinajstić information content (AvgIpc) is 2.98. The van der Waals surface area contributed by atoms with E-state index in [1.807, 2.05) is 32.5 Å². The zero-order valence-electron chi connectivity index (χ0n) is 15.8. The standard InChI is InChI=1S/C17H34N4O2S/c1-6-8-13(21-16(22)23-17(2,3)4)11-19-15(18-5)20-12-14-9-7-10-24-14/h13-14H,6-12H2,1-5H3,(H,21,22)(H2,18,19,20). The predicted molar refractivity (Wildman–Crippen MR) is 103 cm³/mol. The molecular weight excluding hydrogens is 324 g/mol. The number of nitrogens with one attached hydrogen (secondary N) is 3. The van der Waals surface area contributed by atoms with Gasteiger partial charge >= 0.3 is 6.09 Å². The summed E-state index contributed by atoms with van der Waals surface area (Å²) in [5.41, 5.74) is -0.481. The third-order valence-corrected chi connectivity index (χ3v) is 5.02. The van der Waals surface area contributed by atoms with E-state index < -0.39 is 5.60 Å². The van der Waals surface area contributed by atoms with Gasteiger partial charge in [0.1, 0.15) is 5.60 Å². The van der Waals surface area contributed by atoms with Crippen molar-refractivity contribution < 1.29 is 9.53 Å². The minimum atomic E-state index is -0.481. The number of carbonyl (C=O) groups is 1. The first kappa shape index (κ1) is 20.9. The smallest absolute Gasteiger partial charge is 0.407 e. The van der Waals surface area contributed by atoms with Gasteiger partial charge in [-0.2, -0.15) is 11.8 Å². The Morgan fingerprint density at radius 2 is 2.12 bits per heavy atom. The first-order valence-electron chi connectivity index (χ1n) is 8.89. The Morgan fingerprint density at radius 3 is 2.67 bits per heavy atom. The Morgan fingerprint density at radius 1 is 1.38 bits per heavy atom. The normalized spacial score (nSPS) is 19.7. The van der Waals surface area contributed by atoms with Crippen molar-refractivity contribution in [2.45, 2.75) is 70.3 Å². The van der Waals surface area contributed by atoms with Crippen LogP contribution in [0.15, 0.2) is 4.99 Å². The summed E-state index contributed by atoms with van der Waals surface area (Å²) >= 11 is 2.02. The summed E-state index contributed by atoms with van der Waals surface area (Å²) in [5, 5.41) is 10.3. The third-order valence-electron chi connectivity index (χ3n) is 3.62. The van der Waals surface area contributed by atoms with E-state index in [0.29, 0.717) is 11.8 Å². The highest BCUT2D eigenvalue weighted by Crippen LogP contribution is 2.25. The predicted octanol–water partition coefficient (Wildman–Crippen LogP) is 2.74. The van der Waals surface area contributed by atoms with Gasteiger partial charge in [-0.05, 0) is 45.8 Å². The van der Waals surface area contributed by atoms with Crippen LogP contribution in [-0.4, -0.2) is 54.8 Å². The molecule has 1 aliphatic rings. The van der Waals surface area contributed by atoms with Crippen LogP contribution < -0.4 is 16.0 Å². The van der Waals surface area contributed by atoms with Gasteiger partial charge in [-0.25, -0.2) is 4.79 Å². The lowest BCUT2D eigenvalue weighted by atomic mass is 10.1. The second kappa shape index (κ2) is 10.7. The largest absolute Gasteiger partial charge is 0.444 e. The van der Waals surface area contributed by atoms with Gasteiger partial charge < -0.3 is 20.7 Å². The summed E-state index contributed by atoms with van der Waals surface area (Å²) in [7, 11) is 1.77. The summed E-state index contributed by atoms with van der Waals surface area (Å²) in [5.74, 6) is 2.05. The zero-order chi connectivity index (χ0) is 18.0.